The number of carbonyl (C=O) groups excluding carboxylic acids is 4. The number of nitrogens with two attached hydrogens (primary N) is 1. The predicted octanol–water partition coefficient (Wildman–Crippen LogP) is 0.279. The Labute approximate surface area is 116 Å². The monoisotopic (exact) mass is 281 g/mol. The highest BCUT2D eigenvalue weighted by Crippen LogP contribution is 2.43. The van der Waals surface area contributed by atoms with E-state index in [0.717, 1.165) is 17.7 Å². The van der Waals surface area contributed by atoms with E-state index in [-0.39, 0.29) is 6.42 Å². The van der Waals surface area contributed by atoms with Gasteiger partial charge in [-0.2, -0.15) is 0 Å². The first-order valence-electron chi connectivity index (χ1n) is 6.69. The van der Waals surface area contributed by atoms with Crippen LogP contribution in [0.1, 0.15) is 46.0 Å². The Morgan fingerprint density at radius 2 is 1.85 bits per heavy atom. The zero-order valence-corrected chi connectivity index (χ0v) is 11.7. The van der Waals surface area contributed by atoms with E-state index in [2.05, 4.69) is 5.32 Å². The van der Waals surface area contributed by atoms with Gasteiger partial charge in [-0.15, -0.1) is 0 Å². The van der Waals surface area contributed by atoms with Crippen molar-refractivity contribution in [1.29, 1.82) is 0 Å². The number of hydrogen-bond acceptors (Lipinski definition) is 4. The smallest absolute Gasteiger partial charge is 0.331 e. The third-order valence-electron chi connectivity index (χ3n) is 4.14. The molecule has 0 unspecified atom stereocenters. The number of urea groups is 1. The number of nitrogens with one attached hydrogen (secondary N) is 1. The third kappa shape index (κ3) is 2.07. The van der Waals surface area contributed by atoms with Gasteiger partial charge in [-0.25, -0.2) is 4.79 Å². The second-order valence-corrected chi connectivity index (χ2v) is 6.14. The van der Waals surface area contributed by atoms with Crippen molar-refractivity contribution in [3.63, 3.8) is 0 Å². The van der Waals surface area contributed by atoms with Crippen LogP contribution in [-0.2, 0) is 14.4 Å². The van der Waals surface area contributed by atoms with Crippen molar-refractivity contribution in [2.45, 2.75) is 51.5 Å². The number of carbonyl (C=O) groups is 4. The van der Waals surface area contributed by atoms with Crippen LogP contribution in [0.15, 0.2) is 0 Å². The fourth-order valence-electron chi connectivity index (χ4n) is 3.15. The van der Waals surface area contributed by atoms with Gasteiger partial charge in [0.1, 0.15) is 5.41 Å². The van der Waals surface area contributed by atoms with Crippen molar-refractivity contribution in [1.82, 2.24) is 10.2 Å². The van der Waals surface area contributed by atoms with Crippen LogP contribution in [0.3, 0.4) is 0 Å². The molecule has 1 heterocycles. The van der Waals surface area contributed by atoms with Gasteiger partial charge in [0.25, 0.3) is 0 Å². The lowest BCUT2D eigenvalue weighted by Gasteiger charge is -2.44. The Hall–Kier alpha value is -1.92. The third-order valence-corrected chi connectivity index (χ3v) is 4.14. The van der Waals surface area contributed by atoms with E-state index < -0.39 is 34.7 Å². The summed E-state index contributed by atoms with van der Waals surface area (Å²) in [5.74, 6) is -1.63. The second kappa shape index (κ2) is 4.57. The maximum absolute atomic E-state index is 12.7. The fourth-order valence-corrected chi connectivity index (χ4v) is 3.15. The van der Waals surface area contributed by atoms with Crippen molar-refractivity contribution >= 4 is 23.8 Å². The summed E-state index contributed by atoms with van der Waals surface area (Å²) in [7, 11) is 0. The number of imide groups is 2. The van der Waals surface area contributed by atoms with E-state index in [0.29, 0.717) is 12.8 Å². The van der Waals surface area contributed by atoms with Crippen LogP contribution >= 0.6 is 0 Å². The highest BCUT2D eigenvalue weighted by Gasteiger charge is 2.57. The number of amides is 5. The van der Waals surface area contributed by atoms with Crippen molar-refractivity contribution in [3.8, 4) is 0 Å². The first-order valence-corrected chi connectivity index (χ1v) is 6.69. The summed E-state index contributed by atoms with van der Waals surface area (Å²) < 4.78 is 0. The van der Waals surface area contributed by atoms with Crippen LogP contribution in [-0.4, -0.2) is 34.2 Å². The van der Waals surface area contributed by atoms with Crippen molar-refractivity contribution in [2.75, 3.05) is 0 Å². The molecule has 1 spiro atoms. The molecule has 0 atom stereocenters. The maximum atomic E-state index is 12.7. The van der Waals surface area contributed by atoms with Crippen LogP contribution in [0.4, 0.5) is 4.79 Å². The largest absolute Gasteiger partial charge is 0.370 e. The molecule has 1 saturated heterocycles. The Morgan fingerprint density at radius 1 is 1.30 bits per heavy atom. The van der Waals surface area contributed by atoms with Crippen molar-refractivity contribution in [2.24, 2.45) is 11.1 Å². The topological polar surface area (TPSA) is 110 Å². The van der Waals surface area contributed by atoms with Gasteiger partial charge in [-0.3, -0.25) is 24.6 Å². The fraction of sp³-hybridized carbons (Fsp3) is 0.692. The molecule has 20 heavy (non-hydrogen) atoms. The second-order valence-electron chi connectivity index (χ2n) is 6.14. The summed E-state index contributed by atoms with van der Waals surface area (Å²) in [6.45, 7) is 3.18. The van der Waals surface area contributed by atoms with Gasteiger partial charge < -0.3 is 5.73 Å². The molecule has 1 saturated carbocycles. The van der Waals surface area contributed by atoms with Gasteiger partial charge in [0, 0.05) is 6.42 Å². The summed E-state index contributed by atoms with van der Waals surface area (Å²) in [6.07, 6.45) is 2.29. The van der Waals surface area contributed by atoms with E-state index in [4.69, 9.17) is 5.73 Å². The SMILES string of the molecule is CC(C)(CC(N)=O)N1C(=O)NC(=O)C2(CCCC2)C1=O. The lowest BCUT2D eigenvalue weighted by Crippen LogP contribution is -2.68. The minimum absolute atomic E-state index is 0.142. The molecule has 0 radical (unpaired) electrons. The number of primary amides is 1. The van der Waals surface area contributed by atoms with Crippen LogP contribution in [0.25, 0.3) is 0 Å². The Bertz CT molecular complexity index is 492. The van der Waals surface area contributed by atoms with E-state index in [1.165, 1.54) is 0 Å². The predicted molar refractivity (Wildman–Crippen MR) is 69.2 cm³/mol. The molecule has 1 aliphatic carbocycles. The molecule has 0 bridgehead atoms. The number of hydrogen-bond donors (Lipinski definition) is 2. The average Bonchev–Trinajstić information content (AvgIpc) is 2.74. The minimum Gasteiger partial charge on any atom is -0.370 e. The lowest BCUT2D eigenvalue weighted by atomic mass is 9.80. The van der Waals surface area contributed by atoms with Gasteiger partial charge in [0.2, 0.25) is 17.7 Å². The van der Waals surface area contributed by atoms with Crippen LogP contribution in [0, 0.1) is 5.41 Å². The quantitative estimate of drug-likeness (QED) is 0.724. The number of nitrogens with zero attached hydrogens (tertiary/aromatic N) is 1. The molecule has 5 amide bonds. The Kier molecular flexibility index (Phi) is 3.31. The van der Waals surface area contributed by atoms with Gasteiger partial charge in [0.05, 0.1) is 5.54 Å². The highest BCUT2D eigenvalue weighted by molar-refractivity contribution is 6.19. The molecular weight excluding hydrogens is 262 g/mol. The Morgan fingerprint density at radius 3 is 2.35 bits per heavy atom. The molecule has 110 valence electrons. The first kappa shape index (κ1) is 14.5. The summed E-state index contributed by atoms with van der Waals surface area (Å²) in [5, 5.41) is 2.25. The van der Waals surface area contributed by atoms with Gasteiger partial charge >= 0.3 is 6.03 Å². The maximum Gasteiger partial charge on any atom is 0.331 e. The van der Waals surface area contributed by atoms with E-state index in [1.807, 2.05) is 0 Å². The normalized spacial score (nSPS) is 22.3. The van der Waals surface area contributed by atoms with Gasteiger partial charge in [-0.05, 0) is 26.7 Å². The zero-order valence-electron chi connectivity index (χ0n) is 11.7. The molecule has 2 fully saturated rings. The summed E-state index contributed by atoms with van der Waals surface area (Å²) in [5.41, 5.74) is 2.97. The van der Waals surface area contributed by atoms with Crippen molar-refractivity contribution < 1.29 is 19.2 Å². The molecular formula is C13H19N3O4. The summed E-state index contributed by atoms with van der Waals surface area (Å²) in [4.78, 5) is 48.9. The zero-order chi connectivity index (χ0) is 15.1. The standard InChI is InChI=1S/C13H19N3O4/c1-12(2,7-8(14)17)16-10(19)13(5-3-4-6-13)9(18)15-11(16)20/h3-7H2,1-2H3,(H2,14,17)(H,15,18,20). The molecule has 7 nitrogen and oxygen atoms in total. The van der Waals surface area contributed by atoms with Gasteiger partial charge in [-0.1, -0.05) is 12.8 Å². The summed E-state index contributed by atoms with van der Waals surface area (Å²) in [6, 6.07) is -0.774. The van der Waals surface area contributed by atoms with E-state index in [9.17, 15) is 19.2 Å². The minimum atomic E-state index is -1.15. The number of barbiturate groups is 1. The average molecular weight is 281 g/mol. The summed E-state index contributed by atoms with van der Waals surface area (Å²) >= 11 is 0. The molecule has 0 aromatic heterocycles. The first-order chi connectivity index (χ1) is 9.20. The van der Waals surface area contributed by atoms with Gasteiger partial charge in [0.15, 0.2) is 0 Å². The number of rotatable bonds is 3. The highest BCUT2D eigenvalue weighted by atomic mass is 16.2. The molecule has 7 heteroatoms. The molecule has 2 aliphatic rings. The molecule has 0 aromatic carbocycles. The van der Waals surface area contributed by atoms with E-state index >= 15 is 0 Å². The lowest BCUT2D eigenvalue weighted by molar-refractivity contribution is -0.154. The van der Waals surface area contributed by atoms with Crippen LogP contribution in [0.2, 0.25) is 0 Å². The molecule has 0 aromatic rings. The van der Waals surface area contributed by atoms with Crippen LogP contribution in [0.5, 0.6) is 0 Å². The molecule has 1 aliphatic heterocycles. The molecule has 3 N–H and O–H groups in total. The van der Waals surface area contributed by atoms with Crippen molar-refractivity contribution in [3.05, 3.63) is 0 Å². The molecule has 2 rings (SSSR count). The van der Waals surface area contributed by atoms with E-state index in [1.54, 1.807) is 13.8 Å². The van der Waals surface area contributed by atoms with Crippen LogP contribution < -0.4 is 11.1 Å². The Balaban J connectivity index is 2.37.